The second kappa shape index (κ2) is 9.91. The summed E-state index contributed by atoms with van der Waals surface area (Å²) in [5.74, 6) is -3.08. The summed E-state index contributed by atoms with van der Waals surface area (Å²) < 4.78 is 134. The number of hydrogen-bond acceptors (Lipinski definition) is 2. The minimum absolute atomic E-state index is 0.114. The van der Waals surface area contributed by atoms with Gasteiger partial charge in [-0.05, 0) is 61.2 Å². The lowest BCUT2D eigenvalue weighted by atomic mass is 9.84. The summed E-state index contributed by atoms with van der Waals surface area (Å²) in [6, 6.07) is 1.38. The van der Waals surface area contributed by atoms with E-state index in [9.17, 15) is 48.7 Å². The van der Waals surface area contributed by atoms with Gasteiger partial charge < -0.3 is 5.11 Å². The molecule has 2 atom stereocenters. The van der Waals surface area contributed by atoms with Gasteiger partial charge in [-0.1, -0.05) is 6.07 Å². The number of piperidine rings is 1. The summed E-state index contributed by atoms with van der Waals surface area (Å²) >= 11 is 0. The largest absolute Gasteiger partial charge is 0.481 e. The van der Waals surface area contributed by atoms with Crippen molar-refractivity contribution in [1.29, 1.82) is 0 Å². The van der Waals surface area contributed by atoms with Gasteiger partial charge in [0, 0.05) is 24.6 Å². The molecule has 1 fully saturated rings. The fraction of sp³-hybridized carbons (Fsp3) is 0.435. The summed E-state index contributed by atoms with van der Waals surface area (Å²) in [5.41, 5.74) is -5.03. The summed E-state index contributed by atoms with van der Waals surface area (Å²) in [4.78, 5) is 12.4. The van der Waals surface area contributed by atoms with E-state index in [4.69, 9.17) is 5.11 Å². The van der Waals surface area contributed by atoms with Crippen molar-refractivity contribution in [2.45, 2.75) is 50.4 Å². The molecule has 2 aromatic rings. The van der Waals surface area contributed by atoms with Gasteiger partial charge in [-0.2, -0.15) is 39.5 Å². The molecule has 0 bridgehead atoms. The number of aliphatic carboxylic acids is 1. The van der Waals surface area contributed by atoms with Crippen LogP contribution < -0.4 is 0 Å². The standard InChI is InChI=1S/C23H19F10NO2/c24-18-10-15(22(28,29)30)1-3-16(18)19-7-12(8-20(35)36)5-6-34(19)11-13-9-14(21(25,26)27)2-4-17(13)23(31,32)33/h1-4,9-10,12,19H,5-8,11H2,(H,35,36)/t12-,19-/m0/s1. The van der Waals surface area contributed by atoms with Crippen LogP contribution in [0.4, 0.5) is 43.9 Å². The monoisotopic (exact) mass is 531 g/mol. The Bertz CT molecular complexity index is 1110. The van der Waals surface area contributed by atoms with E-state index in [0.29, 0.717) is 24.3 Å². The molecule has 1 aliphatic rings. The molecule has 1 heterocycles. The lowest BCUT2D eigenvalue weighted by molar-refractivity contribution is -0.142. The molecule has 198 valence electrons. The van der Waals surface area contributed by atoms with Gasteiger partial charge in [0.2, 0.25) is 0 Å². The molecule has 1 aliphatic heterocycles. The first kappa shape index (κ1) is 27.8. The Morgan fingerprint density at radius 2 is 1.47 bits per heavy atom. The van der Waals surface area contributed by atoms with Gasteiger partial charge in [-0.15, -0.1) is 0 Å². The summed E-state index contributed by atoms with van der Waals surface area (Å²) in [5, 5.41) is 9.09. The highest BCUT2D eigenvalue weighted by Crippen LogP contribution is 2.42. The van der Waals surface area contributed by atoms with Crippen molar-refractivity contribution in [3.8, 4) is 0 Å². The molecule has 1 N–H and O–H groups in total. The zero-order valence-electron chi connectivity index (χ0n) is 18.2. The molecule has 36 heavy (non-hydrogen) atoms. The Labute approximate surface area is 198 Å². The molecule has 0 spiro atoms. The van der Waals surface area contributed by atoms with Gasteiger partial charge in [-0.25, -0.2) is 4.39 Å². The molecule has 0 amide bonds. The molecular weight excluding hydrogens is 512 g/mol. The van der Waals surface area contributed by atoms with Crippen molar-refractivity contribution in [2.75, 3.05) is 6.54 Å². The van der Waals surface area contributed by atoms with Crippen LogP contribution in [0.2, 0.25) is 0 Å². The van der Waals surface area contributed by atoms with Gasteiger partial charge in [0.25, 0.3) is 0 Å². The van der Waals surface area contributed by atoms with Crippen LogP contribution in [0.3, 0.4) is 0 Å². The Morgan fingerprint density at radius 1 is 0.889 bits per heavy atom. The van der Waals surface area contributed by atoms with Gasteiger partial charge in [0.1, 0.15) is 5.82 Å². The van der Waals surface area contributed by atoms with Crippen LogP contribution >= 0.6 is 0 Å². The van der Waals surface area contributed by atoms with Crippen LogP contribution in [0.15, 0.2) is 36.4 Å². The predicted molar refractivity (Wildman–Crippen MR) is 106 cm³/mol. The highest BCUT2D eigenvalue weighted by atomic mass is 19.4. The Kier molecular flexibility index (Phi) is 7.64. The molecule has 0 aliphatic carbocycles. The van der Waals surface area contributed by atoms with Crippen molar-refractivity contribution in [3.05, 3.63) is 70.0 Å². The van der Waals surface area contributed by atoms with Crippen LogP contribution in [0.5, 0.6) is 0 Å². The van der Waals surface area contributed by atoms with Gasteiger partial charge in [-0.3, -0.25) is 9.69 Å². The highest BCUT2D eigenvalue weighted by Gasteiger charge is 2.39. The minimum Gasteiger partial charge on any atom is -0.481 e. The number of halogens is 10. The molecule has 0 radical (unpaired) electrons. The number of carboxylic acid groups (broad SMARTS) is 1. The fourth-order valence-electron chi connectivity index (χ4n) is 4.40. The maximum atomic E-state index is 14.8. The van der Waals surface area contributed by atoms with E-state index >= 15 is 0 Å². The van der Waals surface area contributed by atoms with Crippen molar-refractivity contribution in [2.24, 2.45) is 5.92 Å². The number of hydrogen-bond donors (Lipinski definition) is 1. The second-order valence-electron chi connectivity index (χ2n) is 8.58. The minimum atomic E-state index is -5.00. The van der Waals surface area contributed by atoms with Crippen molar-refractivity contribution >= 4 is 5.97 Å². The smallest absolute Gasteiger partial charge is 0.416 e. The van der Waals surface area contributed by atoms with Crippen LogP contribution in [-0.2, 0) is 29.9 Å². The van der Waals surface area contributed by atoms with E-state index in [-0.39, 0.29) is 37.4 Å². The lowest BCUT2D eigenvalue weighted by Gasteiger charge is -2.40. The molecule has 3 rings (SSSR count). The van der Waals surface area contributed by atoms with Gasteiger partial charge in [0.15, 0.2) is 0 Å². The normalized spacial score (nSPS) is 19.9. The predicted octanol–water partition coefficient (Wildman–Crippen LogP) is 7.31. The third-order valence-electron chi connectivity index (χ3n) is 6.08. The average molecular weight is 531 g/mol. The van der Waals surface area contributed by atoms with Crippen LogP contribution in [0.25, 0.3) is 0 Å². The Hall–Kier alpha value is -2.83. The van der Waals surface area contributed by atoms with Gasteiger partial charge >= 0.3 is 24.5 Å². The summed E-state index contributed by atoms with van der Waals surface area (Å²) in [6.07, 6.45) is -15.2. The second-order valence-corrected chi connectivity index (χ2v) is 8.58. The zero-order valence-corrected chi connectivity index (χ0v) is 18.2. The van der Waals surface area contributed by atoms with E-state index in [2.05, 4.69) is 0 Å². The number of benzene rings is 2. The maximum Gasteiger partial charge on any atom is 0.416 e. The summed E-state index contributed by atoms with van der Waals surface area (Å²) in [7, 11) is 0. The molecule has 0 saturated carbocycles. The van der Waals surface area contributed by atoms with E-state index in [1.54, 1.807) is 0 Å². The van der Waals surface area contributed by atoms with Crippen LogP contribution in [0, 0.1) is 11.7 Å². The van der Waals surface area contributed by atoms with E-state index in [1.165, 1.54) is 4.90 Å². The number of rotatable bonds is 5. The quantitative estimate of drug-likeness (QED) is 0.412. The topological polar surface area (TPSA) is 40.5 Å². The fourth-order valence-corrected chi connectivity index (χ4v) is 4.40. The Balaban J connectivity index is 2.04. The number of carbonyl (C=O) groups is 1. The van der Waals surface area contributed by atoms with Crippen LogP contribution in [-0.4, -0.2) is 22.5 Å². The third-order valence-corrected chi connectivity index (χ3v) is 6.08. The van der Waals surface area contributed by atoms with E-state index < -0.39 is 71.1 Å². The first-order chi connectivity index (χ1) is 16.5. The van der Waals surface area contributed by atoms with E-state index in [1.807, 2.05) is 0 Å². The molecule has 3 nitrogen and oxygen atoms in total. The van der Waals surface area contributed by atoms with Gasteiger partial charge in [0.05, 0.1) is 16.7 Å². The molecule has 0 unspecified atom stereocenters. The third kappa shape index (κ3) is 6.48. The lowest BCUT2D eigenvalue weighted by Crippen LogP contribution is -2.38. The van der Waals surface area contributed by atoms with Crippen molar-refractivity contribution < 1.29 is 53.8 Å². The molecule has 2 aromatic carbocycles. The first-order valence-corrected chi connectivity index (χ1v) is 10.6. The SMILES string of the molecule is O=C(O)C[C@H]1CCN(Cc2cc(C(F)(F)F)ccc2C(F)(F)F)[C@H](c2ccc(C(F)(F)F)cc2F)C1. The van der Waals surface area contributed by atoms with E-state index in [0.717, 1.165) is 6.07 Å². The number of nitrogens with zero attached hydrogens (tertiary/aromatic N) is 1. The number of likely N-dealkylation sites (tertiary alicyclic amines) is 1. The van der Waals surface area contributed by atoms with Crippen LogP contribution in [0.1, 0.15) is 53.1 Å². The highest BCUT2D eigenvalue weighted by molar-refractivity contribution is 5.67. The summed E-state index contributed by atoms with van der Waals surface area (Å²) in [6.45, 7) is -0.833. The number of carboxylic acids is 1. The average Bonchev–Trinajstić information content (AvgIpc) is 2.72. The first-order valence-electron chi connectivity index (χ1n) is 10.6. The van der Waals surface area contributed by atoms with Crippen molar-refractivity contribution in [1.82, 2.24) is 4.90 Å². The Morgan fingerprint density at radius 3 is 2.00 bits per heavy atom. The maximum absolute atomic E-state index is 14.8. The molecule has 0 aromatic heterocycles. The van der Waals surface area contributed by atoms with Crippen molar-refractivity contribution in [3.63, 3.8) is 0 Å². The molecule has 1 saturated heterocycles. The molecule has 13 heteroatoms. The zero-order chi connectivity index (χ0) is 27.1. The molecular formula is C23H19F10NO2. The number of alkyl halides is 9.